The number of hydrogen-bond acceptors (Lipinski definition) is 6. The van der Waals surface area contributed by atoms with E-state index in [1.807, 2.05) is 31.2 Å². The first-order valence-electron chi connectivity index (χ1n) is 13.9. The summed E-state index contributed by atoms with van der Waals surface area (Å²) in [5.74, 6) is 1.06. The minimum absolute atomic E-state index is 0.0175. The highest BCUT2D eigenvalue weighted by Gasteiger charge is 2.36. The highest BCUT2D eigenvalue weighted by Crippen LogP contribution is 2.28. The molecule has 4 N–H and O–H groups in total. The molecule has 0 spiro atoms. The fourth-order valence-electron chi connectivity index (χ4n) is 5.79. The fraction of sp³-hybridized carbons (Fsp3) is 0.714. The Hall–Kier alpha value is -2.00. The summed E-state index contributed by atoms with van der Waals surface area (Å²) in [6.45, 7) is 9.47. The molecule has 8 heteroatoms. The van der Waals surface area contributed by atoms with Crippen LogP contribution in [-0.4, -0.2) is 92.7 Å². The van der Waals surface area contributed by atoms with Gasteiger partial charge in [-0.15, -0.1) is 0 Å². The summed E-state index contributed by atoms with van der Waals surface area (Å²) in [5, 5.41) is 6.88. The highest BCUT2D eigenvalue weighted by molar-refractivity contribution is 5.97. The van der Waals surface area contributed by atoms with Crippen LogP contribution in [0.3, 0.4) is 0 Å². The van der Waals surface area contributed by atoms with E-state index < -0.39 is 6.04 Å². The number of likely N-dealkylation sites (tertiary alicyclic amines) is 1. The standard InChI is InChI=1S/C28H45N5O3/c1-21-2-8-24(9-3-21)28(35)33-12-10-25(30-11-13-32-14-16-36-17-15-32)18-26(33)27(34)31-20-23-6-4-22(19-29)5-7-23/h2-3,8-9,22-23,25-26,30H,4-7,10-20,29H2,1H3,(H,31,34)/t22?,23?,25?,26-/m1/s1. The summed E-state index contributed by atoms with van der Waals surface area (Å²) in [6, 6.07) is 7.43. The smallest absolute Gasteiger partial charge is 0.254 e. The Morgan fingerprint density at radius 3 is 2.39 bits per heavy atom. The van der Waals surface area contributed by atoms with Gasteiger partial charge in [-0.05, 0) is 76.0 Å². The molecule has 1 aromatic rings. The van der Waals surface area contributed by atoms with Crippen LogP contribution < -0.4 is 16.4 Å². The first-order chi connectivity index (χ1) is 17.5. The summed E-state index contributed by atoms with van der Waals surface area (Å²) in [4.78, 5) is 31.1. The van der Waals surface area contributed by atoms with E-state index in [1.165, 1.54) is 0 Å². The molecule has 4 rings (SSSR count). The van der Waals surface area contributed by atoms with Crippen LogP contribution in [0.4, 0.5) is 0 Å². The lowest BCUT2D eigenvalue weighted by atomic mass is 9.82. The molecule has 36 heavy (non-hydrogen) atoms. The Morgan fingerprint density at radius 1 is 1.00 bits per heavy atom. The van der Waals surface area contributed by atoms with Gasteiger partial charge in [-0.25, -0.2) is 0 Å². The monoisotopic (exact) mass is 499 g/mol. The second-order valence-corrected chi connectivity index (χ2v) is 10.9. The van der Waals surface area contributed by atoms with Gasteiger partial charge in [-0.3, -0.25) is 14.5 Å². The van der Waals surface area contributed by atoms with Gasteiger partial charge in [0.25, 0.3) is 5.91 Å². The van der Waals surface area contributed by atoms with Gasteiger partial charge in [-0.1, -0.05) is 17.7 Å². The number of carbonyl (C=O) groups excluding carboxylic acids is 2. The third-order valence-electron chi connectivity index (χ3n) is 8.29. The Morgan fingerprint density at radius 2 is 1.69 bits per heavy atom. The summed E-state index contributed by atoms with van der Waals surface area (Å²) in [5.41, 5.74) is 7.61. The molecule has 1 unspecified atom stereocenters. The number of nitrogens with two attached hydrogens (primary N) is 1. The molecule has 3 fully saturated rings. The maximum absolute atomic E-state index is 13.5. The normalized spacial score (nSPS) is 27.6. The van der Waals surface area contributed by atoms with E-state index in [2.05, 4.69) is 15.5 Å². The predicted molar refractivity (Wildman–Crippen MR) is 142 cm³/mol. The molecule has 0 bridgehead atoms. The molecule has 3 aliphatic rings. The van der Waals surface area contributed by atoms with Gasteiger partial charge in [0.2, 0.25) is 5.91 Å². The number of amides is 2. The van der Waals surface area contributed by atoms with Crippen molar-refractivity contribution in [3.8, 4) is 0 Å². The predicted octanol–water partition coefficient (Wildman–Crippen LogP) is 1.77. The number of hydrogen-bond donors (Lipinski definition) is 3. The van der Waals surface area contributed by atoms with Gasteiger partial charge in [0.15, 0.2) is 0 Å². The third kappa shape index (κ3) is 7.51. The number of carbonyl (C=O) groups is 2. The lowest BCUT2D eigenvalue weighted by Crippen LogP contribution is -2.57. The molecule has 0 radical (unpaired) electrons. The first kappa shape index (κ1) is 27.0. The van der Waals surface area contributed by atoms with Crippen LogP contribution in [0.5, 0.6) is 0 Å². The van der Waals surface area contributed by atoms with Crippen molar-refractivity contribution < 1.29 is 14.3 Å². The van der Waals surface area contributed by atoms with Crippen LogP contribution >= 0.6 is 0 Å². The molecule has 1 aliphatic carbocycles. The average molecular weight is 500 g/mol. The van der Waals surface area contributed by atoms with Gasteiger partial charge in [0.1, 0.15) is 6.04 Å². The van der Waals surface area contributed by atoms with E-state index in [0.717, 1.165) is 83.6 Å². The molecule has 0 aromatic heterocycles. The van der Waals surface area contributed by atoms with Gasteiger partial charge in [0.05, 0.1) is 13.2 Å². The number of benzene rings is 1. The van der Waals surface area contributed by atoms with Gasteiger partial charge in [-0.2, -0.15) is 0 Å². The van der Waals surface area contributed by atoms with Crippen molar-refractivity contribution in [3.63, 3.8) is 0 Å². The van der Waals surface area contributed by atoms with Crippen LogP contribution in [0.2, 0.25) is 0 Å². The molecule has 1 saturated carbocycles. The topological polar surface area (TPSA) is 99.9 Å². The molecule has 200 valence electrons. The Labute approximate surface area is 216 Å². The molecule has 2 aliphatic heterocycles. The van der Waals surface area contributed by atoms with Crippen molar-refractivity contribution in [2.75, 3.05) is 59.0 Å². The van der Waals surface area contributed by atoms with E-state index >= 15 is 0 Å². The highest BCUT2D eigenvalue weighted by atomic mass is 16.5. The summed E-state index contributed by atoms with van der Waals surface area (Å²) in [7, 11) is 0. The Kier molecular flexibility index (Phi) is 10.2. The minimum atomic E-state index is -0.450. The molecule has 8 nitrogen and oxygen atoms in total. The fourth-order valence-corrected chi connectivity index (χ4v) is 5.79. The number of morpholine rings is 1. The quantitative estimate of drug-likeness (QED) is 0.479. The van der Waals surface area contributed by atoms with E-state index in [0.29, 0.717) is 36.9 Å². The van der Waals surface area contributed by atoms with Gasteiger partial charge < -0.3 is 26.0 Å². The summed E-state index contributed by atoms with van der Waals surface area (Å²) >= 11 is 0. The van der Waals surface area contributed by atoms with Crippen molar-refractivity contribution in [1.29, 1.82) is 0 Å². The van der Waals surface area contributed by atoms with Crippen LogP contribution in [0.15, 0.2) is 24.3 Å². The molecular weight excluding hydrogens is 454 g/mol. The maximum Gasteiger partial charge on any atom is 0.254 e. The van der Waals surface area contributed by atoms with Crippen molar-refractivity contribution >= 4 is 11.8 Å². The molecule has 1 aromatic carbocycles. The Balaban J connectivity index is 1.35. The lowest BCUT2D eigenvalue weighted by Gasteiger charge is -2.39. The zero-order valence-corrected chi connectivity index (χ0v) is 21.9. The van der Waals surface area contributed by atoms with Crippen LogP contribution in [0.25, 0.3) is 0 Å². The summed E-state index contributed by atoms with van der Waals surface area (Å²) < 4.78 is 5.44. The van der Waals surface area contributed by atoms with Crippen LogP contribution in [0.1, 0.15) is 54.4 Å². The summed E-state index contributed by atoms with van der Waals surface area (Å²) in [6.07, 6.45) is 6.02. The van der Waals surface area contributed by atoms with Crippen LogP contribution in [0, 0.1) is 18.8 Å². The molecule has 2 amide bonds. The number of piperidine rings is 1. The number of nitrogens with one attached hydrogen (secondary N) is 2. The second kappa shape index (κ2) is 13.5. The minimum Gasteiger partial charge on any atom is -0.379 e. The van der Waals surface area contributed by atoms with E-state index in [1.54, 1.807) is 4.90 Å². The van der Waals surface area contributed by atoms with E-state index in [-0.39, 0.29) is 17.9 Å². The number of ether oxygens (including phenoxy) is 1. The number of nitrogens with zero attached hydrogens (tertiary/aromatic N) is 2. The molecule has 2 atom stereocenters. The van der Waals surface area contributed by atoms with Gasteiger partial charge in [0, 0.05) is 50.9 Å². The average Bonchev–Trinajstić information content (AvgIpc) is 2.92. The van der Waals surface area contributed by atoms with Gasteiger partial charge >= 0.3 is 0 Å². The van der Waals surface area contributed by atoms with Crippen molar-refractivity contribution in [3.05, 3.63) is 35.4 Å². The second-order valence-electron chi connectivity index (χ2n) is 10.9. The maximum atomic E-state index is 13.5. The molecule has 2 heterocycles. The van der Waals surface area contributed by atoms with Crippen molar-refractivity contribution in [2.24, 2.45) is 17.6 Å². The zero-order chi connectivity index (χ0) is 25.3. The first-order valence-corrected chi connectivity index (χ1v) is 13.9. The zero-order valence-electron chi connectivity index (χ0n) is 21.9. The van der Waals surface area contributed by atoms with Crippen molar-refractivity contribution in [1.82, 2.24) is 20.4 Å². The van der Waals surface area contributed by atoms with E-state index in [9.17, 15) is 9.59 Å². The van der Waals surface area contributed by atoms with Crippen molar-refractivity contribution in [2.45, 2.75) is 57.5 Å². The molecule has 2 saturated heterocycles. The number of rotatable bonds is 9. The molecular formula is C28H45N5O3. The third-order valence-corrected chi connectivity index (χ3v) is 8.29. The lowest BCUT2D eigenvalue weighted by molar-refractivity contribution is -0.127. The SMILES string of the molecule is Cc1ccc(C(=O)N2CCC(NCCN3CCOCC3)C[C@@H]2C(=O)NCC2CCC(CN)CC2)cc1. The Bertz CT molecular complexity index is 834. The van der Waals surface area contributed by atoms with Crippen LogP contribution in [-0.2, 0) is 9.53 Å². The largest absolute Gasteiger partial charge is 0.379 e. The number of aryl methyl sites for hydroxylation is 1. The van der Waals surface area contributed by atoms with E-state index in [4.69, 9.17) is 10.5 Å².